The zero-order valence-electron chi connectivity index (χ0n) is 20.0. The lowest BCUT2D eigenvalue weighted by Crippen LogP contribution is -2.26. The molecular weight excluding hydrogens is 412 g/mol. The van der Waals surface area contributed by atoms with E-state index in [1.54, 1.807) is 0 Å². The van der Waals surface area contributed by atoms with Crippen molar-refractivity contribution in [3.05, 3.63) is 65.4 Å². The van der Waals surface area contributed by atoms with E-state index < -0.39 is 0 Å². The summed E-state index contributed by atoms with van der Waals surface area (Å²) < 4.78 is 13.7. The van der Waals surface area contributed by atoms with Gasteiger partial charge >= 0.3 is 5.97 Å². The highest BCUT2D eigenvalue weighted by atomic mass is 16.5. The molecular formula is C28H36N2O3. The molecule has 0 unspecified atom stereocenters. The summed E-state index contributed by atoms with van der Waals surface area (Å²) in [5.74, 6) is 0.533. The molecule has 176 valence electrons. The number of esters is 1. The summed E-state index contributed by atoms with van der Waals surface area (Å²) in [7, 11) is 0. The summed E-state index contributed by atoms with van der Waals surface area (Å²) in [6.07, 6.45) is 6.36. The number of nitrogens with zero attached hydrogens (tertiary/aromatic N) is 2. The van der Waals surface area contributed by atoms with E-state index in [1.165, 1.54) is 44.3 Å². The van der Waals surface area contributed by atoms with Gasteiger partial charge in [0.25, 0.3) is 0 Å². The maximum atomic E-state index is 12.8. The average Bonchev–Trinajstić information content (AvgIpc) is 2.97. The van der Waals surface area contributed by atoms with Gasteiger partial charge in [0.05, 0.1) is 18.8 Å². The van der Waals surface area contributed by atoms with E-state index in [0.717, 1.165) is 35.3 Å². The third-order valence-corrected chi connectivity index (χ3v) is 6.54. The van der Waals surface area contributed by atoms with Crippen LogP contribution in [0.4, 0.5) is 0 Å². The number of benzene rings is 2. The predicted octanol–water partition coefficient (Wildman–Crippen LogP) is 5.82. The topological polar surface area (TPSA) is 43.7 Å². The van der Waals surface area contributed by atoms with Crippen molar-refractivity contribution in [3.63, 3.8) is 0 Å². The Balaban J connectivity index is 1.52. The normalized spacial score (nSPS) is 14.8. The van der Waals surface area contributed by atoms with Gasteiger partial charge in [-0.1, -0.05) is 43.2 Å². The van der Waals surface area contributed by atoms with Gasteiger partial charge in [-0.15, -0.1) is 0 Å². The molecule has 1 fully saturated rings. The first-order chi connectivity index (χ1) is 16.2. The molecule has 5 heteroatoms. The number of aromatic nitrogens is 1. The molecule has 0 aliphatic carbocycles. The van der Waals surface area contributed by atoms with Crippen molar-refractivity contribution < 1.29 is 14.3 Å². The Morgan fingerprint density at radius 2 is 1.76 bits per heavy atom. The average molecular weight is 449 g/mol. The van der Waals surface area contributed by atoms with Crippen LogP contribution in [0.5, 0.6) is 5.75 Å². The van der Waals surface area contributed by atoms with Crippen LogP contribution in [0, 0.1) is 6.92 Å². The molecule has 0 spiro atoms. The third kappa shape index (κ3) is 5.77. The van der Waals surface area contributed by atoms with Gasteiger partial charge in [-0.3, -0.25) is 0 Å². The Morgan fingerprint density at radius 3 is 2.48 bits per heavy atom. The molecule has 3 aromatic rings. The number of carbonyl (C=O) groups excluding carboxylic acids is 1. The van der Waals surface area contributed by atoms with Crippen LogP contribution in [-0.2, 0) is 11.3 Å². The highest BCUT2D eigenvalue weighted by Crippen LogP contribution is 2.31. The second-order valence-electron chi connectivity index (χ2n) is 8.89. The van der Waals surface area contributed by atoms with E-state index in [2.05, 4.69) is 27.7 Å². The fourth-order valence-corrected chi connectivity index (χ4v) is 4.82. The number of hydrogen-bond donors (Lipinski definition) is 0. The van der Waals surface area contributed by atoms with Crippen LogP contribution in [0.1, 0.15) is 60.6 Å². The smallest absolute Gasteiger partial charge is 0.340 e. The Bertz CT molecular complexity index is 1050. The quantitative estimate of drug-likeness (QED) is 0.306. The van der Waals surface area contributed by atoms with Crippen molar-refractivity contribution in [2.24, 2.45) is 0 Å². The van der Waals surface area contributed by atoms with E-state index in [-0.39, 0.29) is 5.97 Å². The lowest BCUT2D eigenvalue weighted by atomic mass is 10.1. The summed E-state index contributed by atoms with van der Waals surface area (Å²) in [4.78, 5) is 15.4. The van der Waals surface area contributed by atoms with Gasteiger partial charge in [0, 0.05) is 29.7 Å². The zero-order chi connectivity index (χ0) is 23.0. The van der Waals surface area contributed by atoms with Crippen LogP contribution in [0.15, 0.2) is 48.5 Å². The highest BCUT2D eigenvalue weighted by molar-refractivity contribution is 6.06. The molecule has 33 heavy (non-hydrogen) atoms. The van der Waals surface area contributed by atoms with Crippen molar-refractivity contribution in [1.29, 1.82) is 0 Å². The second kappa shape index (κ2) is 11.4. The molecule has 5 nitrogen and oxygen atoms in total. The van der Waals surface area contributed by atoms with Crippen LogP contribution in [0.2, 0.25) is 0 Å². The first kappa shape index (κ1) is 23.4. The minimum atomic E-state index is -0.273. The van der Waals surface area contributed by atoms with Gasteiger partial charge < -0.3 is 18.9 Å². The Labute approximate surface area is 197 Å². The first-order valence-electron chi connectivity index (χ1n) is 12.4. The van der Waals surface area contributed by atoms with E-state index in [1.807, 2.05) is 44.2 Å². The minimum Gasteiger partial charge on any atom is -0.494 e. The number of rotatable bonds is 9. The number of likely N-dealkylation sites (tertiary alicyclic amines) is 1. The molecule has 1 aliphatic heterocycles. The van der Waals surface area contributed by atoms with Crippen LogP contribution in [0.25, 0.3) is 10.9 Å². The molecule has 0 radical (unpaired) electrons. The van der Waals surface area contributed by atoms with Crippen molar-refractivity contribution in [2.45, 2.75) is 52.5 Å². The summed E-state index contributed by atoms with van der Waals surface area (Å²) in [6, 6.07) is 16.4. The monoisotopic (exact) mass is 448 g/mol. The zero-order valence-corrected chi connectivity index (χ0v) is 20.0. The maximum Gasteiger partial charge on any atom is 0.340 e. The molecule has 2 heterocycles. The van der Waals surface area contributed by atoms with Crippen LogP contribution < -0.4 is 4.74 Å². The highest BCUT2D eigenvalue weighted by Gasteiger charge is 2.22. The van der Waals surface area contributed by atoms with Crippen molar-refractivity contribution in [2.75, 3.05) is 32.8 Å². The third-order valence-electron chi connectivity index (χ3n) is 6.54. The predicted molar refractivity (Wildman–Crippen MR) is 133 cm³/mol. The van der Waals surface area contributed by atoms with E-state index in [4.69, 9.17) is 9.47 Å². The molecule has 0 N–H and O–H groups in total. The van der Waals surface area contributed by atoms with Gasteiger partial charge in [-0.2, -0.15) is 0 Å². The Hall–Kier alpha value is -2.79. The maximum absolute atomic E-state index is 12.8. The molecule has 0 bridgehead atoms. The van der Waals surface area contributed by atoms with Gasteiger partial charge in [0.1, 0.15) is 5.75 Å². The first-order valence-corrected chi connectivity index (χ1v) is 12.4. The van der Waals surface area contributed by atoms with Crippen molar-refractivity contribution >= 4 is 16.9 Å². The molecule has 1 aliphatic rings. The summed E-state index contributed by atoms with van der Waals surface area (Å²) >= 11 is 0. The van der Waals surface area contributed by atoms with Gasteiger partial charge in [-0.05, 0) is 70.0 Å². The molecule has 0 amide bonds. The number of hydrogen-bond acceptors (Lipinski definition) is 4. The van der Waals surface area contributed by atoms with Gasteiger partial charge in [-0.25, -0.2) is 4.79 Å². The number of carbonyl (C=O) groups is 1. The fraction of sp³-hybridized carbons (Fsp3) is 0.464. The molecule has 1 aromatic heterocycles. The molecule has 0 saturated carbocycles. The van der Waals surface area contributed by atoms with Crippen LogP contribution in [0.3, 0.4) is 0 Å². The van der Waals surface area contributed by atoms with E-state index in [0.29, 0.717) is 25.3 Å². The second-order valence-corrected chi connectivity index (χ2v) is 8.89. The molecule has 4 rings (SSSR count). The molecule has 0 atom stereocenters. The molecule has 1 saturated heterocycles. The Kier molecular flexibility index (Phi) is 8.05. The summed E-state index contributed by atoms with van der Waals surface area (Å²) in [6.45, 7) is 9.09. The standard InChI is InChI=1S/C28H36N2O3/c1-3-32-28(31)27-22(2)30(21-23-12-7-6-8-13-23)26-15-14-24(20-25(26)27)33-19-11-18-29-16-9-4-5-10-17-29/h6-8,12-15,20H,3-5,9-11,16-19,21H2,1-2H3. The van der Waals surface area contributed by atoms with Gasteiger partial charge in [0.15, 0.2) is 0 Å². The summed E-state index contributed by atoms with van der Waals surface area (Å²) in [5.41, 5.74) is 3.78. The van der Waals surface area contributed by atoms with Crippen molar-refractivity contribution in [1.82, 2.24) is 9.47 Å². The minimum absolute atomic E-state index is 0.273. The molecule has 2 aromatic carbocycles. The van der Waals surface area contributed by atoms with E-state index in [9.17, 15) is 4.79 Å². The lowest BCUT2D eigenvalue weighted by Gasteiger charge is -2.19. The van der Waals surface area contributed by atoms with Crippen molar-refractivity contribution in [3.8, 4) is 5.75 Å². The number of fused-ring (bicyclic) bond motifs is 1. The Morgan fingerprint density at radius 1 is 1.00 bits per heavy atom. The fourth-order valence-electron chi connectivity index (χ4n) is 4.82. The summed E-state index contributed by atoms with van der Waals surface area (Å²) in [5, 5.41) is 0.895. The lowest BCUT2D eigenvalue weighted by molar-refractivity contribution is 0.0527. The van der Waals surface area contributed by atoms with E-state index >= 15 is 0 Å². The SMILES string of the molecule is CCOC(=O)c1c(C)n(Cc2ccccc2)c2ccc(OCCCN3CCCCCC3)cc12. The van der Waals surface area contributed by atoms with Crippen LogP contribution >= 0.6 is 0 Å². The number of ether oxygens (including phenoxy) is 2. The largest absolute Gasteiger partial charge is 0.494 e. The van der Waals surface area contributed by atoms with Crippen LogP contribution in [-0.4, -0.2) is 48.3 Å². The van der Waals surface area contributed by atoms with Gasteiger partial charge in [0.2, 0.25) is 0 Å².